The molecule has 0 N–H and O–H groups in total. The van der Waals surface area contributed by atoms with E-state index in [9.17, 15) is 13.2 Å². The lowest BCUT2D eigenvalue weighted by Gasteiger charge is -2.41. The van der Waals surface area contributed by atoms with Gasteiger partial charge in [0.15, 0.2) is 5.60 Å². The van der Waals surface area contributed by atoms with Crippen molar-refractivity contribution < 1.29 is 46.0 Å². The predicted octanol–water partition coefficient (Wildman–Crippen LogP) is 9.09. The highest BCUT2D eigenvalue weighted by molar-refractivity contribution is 7.89. The molecule has 2 saturated heterocycles. The molecule has 0 radical (unpaired) electrons. The minimum Gasteiger partial charge on any atom is -0.497 e. The molecule has 4 aromatic rings. The maximum absolute atomic E-state index is 16.8. The topological polar surface area (TPSA) is 116 Å². The van der Waals surface area contributed by atoms with Crippen LogP contribution in [0.25, 0.3) is 0 Å². The highest BCUT2D eigenvalue weighted by Crippen LogP contribution is 2.49. The van der Waals surface area contributed by atoms with Crippen molar-refractivity contribution >= 4 is 33.3 Å². The smallest absolute Gasteiger partial charge is 0.337 e. The third kappa shape index (κ3) is 9.37. The van der Waals surface area contributed by atoms with E-state index in [2.05, 4.69) is 17.0 Å². The lowest BCUT2D eigenvalue weighted by atomic mass is 9.70. The number of allylic oxidation sites excluding steroid dienone is 1. The summed E-state index contributed by atoms with van der Waals surface area (Å²) in [5, 5.41) is -0.140. The molecule has 14 heteroatoms. The Bertz CT molecular complexity index is 2400. The van der Waals surface area contributed by atoms with Gasteiger partial charge in [-0.1, -0.05) is 48.9 Å². The monoisotopic (exact) mass is 916 g/mol. The second kappa shape index (κ2) is 19.1. The number of carbonyl (C=O) groups excluding carboxylic acids is 1. The minimum atomic E-state index is -3.90. The fraction of sp³-hybridized carbons (Fsp3) is 0.460. The first-order valence-electron chi connectivity index (χ1n) is 22.0. The third-order valence-electron chi connectivity index (χ3n) is 13.8. The molecule has 8 rings (SSSR count). The number of fused-ring (bicyclic) bond motifs is 3. The molecule has 1 aliphatic carbocycles. The Morgan fingerprint density at radius 2 is 1.62 bits per heavy atom. The number of esters is 1. The number of ether oxygens (including phenoxy) is 6. The van der Waals surface area contributed by atoms with Crippen molar-refractivity contribution in [2.75, 3.05) is 59.1 Å². The van der Waals surface area contributed by atoms with Crippen LogP contribution >= 0.6 is 11.6 Å². The van der Waals surface area contributed by atoms with Gasteiger partial charge < -0.3 is 33.3 Å². The zero-order valence-electron chi connectivity index (χ0n) is 37.2. The molecule has 3 heterocycles. The first-order valence-corrected chi connectivity index (χ1v) is 23.9. The van der Waals surface area contributed by atoms with Gasteiger partial charge in [-0.25, -0.2) is 17.6 Å². The Labute approximate surface area is 381 Å². The van der Waals surface area contributed by atoms with E-state index in [1.54, 1.807) is 27.2 Å². The molecule has 342 valence electrons. The molecule has 0 aromatic heterocycles. The molecule has 2 fully saturated rings. The molecular formula is C50H58ClFN2O9S. The van der Waals surface area contributed by atoms with Crippen LogP contribution in [0.15, 0.2) is 96.8 Å². The van der Waals surface area contributed by atoms with E-state index in [1.165, 1.54) is 28.6 Å². The zero-order valence-corrected chi connectivity index (χ0v) is 38.8. The number of aryl methyl sites for hydroxylation is 1. The summed E-state index contributed by atoms with van der Waals surface area (Å²) in [7, 11) is 0.643. The second-order valence-corrected chi connectivity index (χ2v) is 20.5. The molecule has 0 amide bonds. The molecule has 0 bridgehead atoms. The van der Waals surface area contributed by atoms with Gasteiger partial charge in [0.05, 0.1) is 57.1 Å². The van der Waals surface area contributed by atoms with Crippen molar-refractivity contribution in [3.8, 4) is 17.2 Å². The Balaban J connectivity index is 1.01. The van der Waals surface area contributed by atoms with E-state index < -0.39 is 44.7 Å². The Kier molecular flexibility index (Phi) is 13.7. The van der Waals surface area contributed by atoms with Crippen LogP contribution < -0.4 is 19.1 Å². The van der Waals surface area contributed by atoms with Gasteiger partial charge in [-0.2, -0.15) is 4.31 Å². The van der Waals surface area contributed by atoms with Crippen molar-refractivity contribution in [2.45, 2.75) is 81.4 Å². The SMILES string of the molecule is COC(=O)c1ccc2c(c1)N(C[C@@H]1CCO[C@H]1C1(/C(F)=C/C[C@H](C)[C@@H](C)S(=O)(=O)N(Cc3ccc(OC)cc3)Cc3ccc(OC)cc3)CO1)C[C@@]1(CCCc3cc(Cl)ccc31)CO2. The predicted molar refractivity (Wildman–Crippen MR) is 245 cm³/mol. The van der Waals surface area contributed by atoms with Crippen LogP contribution in [0.1, 0.15) is 72.1 Å². The standard InChI is InChI=1S/C50H58ClFN2O9S/c1-33(34(2)64(56,57)54(27-35-9-15-41(58-3)16-10-35)28-36-11-17-42(59-4)18-12-36)8-21-46(52)50(32-63-50)47-39(22-24-61-47)29-53-30-49(23-6-7-37-25-40(51)14-19-43(37)49)31-62-45-20-13-38(26-44(45)53)48(55)60-5/h9-21,25-26,33-34,39,47H,6-8,22-24,27-32H2,1-5H3/b46-21-/t33-,34+,39-,47+,49-,50?/m0/s1. The highest BCUT2D eigenvalue weighted by Gasteiger charge is 2.60. The van der Waals surface area contributed by atoms with Crippen molar-refractivity contribution in [1.29, 1.82) is 0 Å². The lowest BCUT2D eigenvalue weighted by molar-refractivity contribution is 0.0276. The van der Waals surface area contributed by atoms with Gasteiger partial charge in [-0.05, 0) is 128 Å². The highest BCUT2D eigenvalue weighted by atomic mass is 35.5. The molecule has 6 atom stereocenters. The number of hydrogen-bond acceptors (Lipinski definition) is 10. The number of carbonyl (C=O) groups is 1. The van der Waals surface area contributed by atoms with E-state index in [1.807, 2.05) is 73.7 Å². The number of rotatable bonds is 16. The summed E-state index contributed by atoms with van der Waals surface area (Å²) < 4.78 is 82.0. The Hall–Kier alpha value is -4.66. The largest absolute Gasteiger partial charge is 0.497 e. The summed E-state index contributed by atoms with van der Waals surface area (Å²) in [6.45, 7) is 5.97. The molecular weight excluding hydrogens is 859 g/mol. The van der Waals surface area contributed by atoms with Crippen molar-refractivity contribution in [3.63, 3.8) is 0 Å². The number of halogens is 2. The fourth-order valence-corrected chi connectivity index (χ4v) is 11.8. The summed E-state index contributed by atoms with van der Waals surface area (Å²) in [5.74, 6) is 0.543. The van der Waals surface area contributed by atoms with Crippen molar-refractivity contribution in [3.05, 3.63) is 130 Å². The number of methoxy groups -OCH3 is 3. The van der Waals surface area contributed by atoms with Crippen LogP contribution in [0.4, 0.5) is 10.1 Å². The van der Waals surface area contributed by atoms with Crippen LogP contribution in [-0.4, -0.2) is 89.9 Å². The number of epoxide rings is 1. The average molecular weight is 918 g/mol. The Morgan fingerprint density at radius 3 is 2.25 bits per heavy atom. The number of anilines is 1. The van der Waals surface area contributed by atoms with E-state index in [0.29, 0.717) is 60.6 Å². The van der Waals surface area contributed by atoms with E-state index in [0.717, 1.165) is 36.1 Å². The van der Waals surface area contributed by atoms with Gasteiger partial charge in [0.25, 0.3) is 0 Å². The molecule has 3 aliphatic heterocycles. The van der Waals surface area contributed by atoms with Gasteiger partial charge in [-0.15, -0.1) is 0 Å². The first kappa shape index (κ1) is 45.9. The number of benzene rings is 4. The van der Waals surface area contributed by atoms with Crippen molar-refractivity contribution in [2.24, 2.45) is 11.8 Å². The van der Waals surface area contributed by atoms with Crippen LogP contribution in [0.5, 0.6) is 17.2 Å². The maximum Gasteiger partial charge on any atom is 0.337 e. The van der Waals surface area contributed by atoms with E-state index in [4.69, 9.17) is 40.0 Å². The molecule has 4 aromatic carbocycles. The quantitative estimate of drug-likeness (QED) is 0.0797. The van der Waals surface area contributed by atoms with Crippen LogP contribution in [-0.2, 0) is 49.2 Å². The van der Waals surface area contributed by atoms with Gasteiger partial charge in [0.2, 0.25) is 10.0 Å². The molecule has 0 saturated carbocycles. The summed E-state index contributed by atoms with van der Waals surface area (Å²) >= 11 is 6.48. The lowest BCUT2D eigenvalue weighted by Crippen LogP contribution is -2.48. The maximum atomic E-state index is 16.8. The minimum absolute atomic E-state index is 0.138. The average Bonchev–Trinajstić information content (AvgIpc) is 4.02. The Morgan fingerprint density at radius 1 is 0.953 bits per heavy atom. The normalized spacial score (nSPS) is 24.0. The second-order valence-electron chi connectivity index (χ2n) is 17.8. The summed E-state index contributed by atoms with van der Waals surface area (Å²) in [5.41, 5.74) is 3.58. The zero-order chi connectivity index (χ0) is 45.2. The number of sulfonamides is 1. The molecule has 1 unspecified atom stereocenters. The van der Waals surface area contributed by atoms with Crippen molar-refractivity contribution in [1.82, 2.24) is 4.31 Å². The molecule has 4 aliphatic rings. The van der Waals surface area contributed by atoms with Gasteiger partial charge in [-0.3, -0.25) is 0 Å². The molecule has 1 spiro atoms. The van der Waals surface area contributed by atoms with Crippen LogP contribution in [0, 0.1) is 11.8 Å². The fourth-order valence-electron chi connectivity index (χ4n) is 9.78. The first-order chi connectivity index (χ1) is 30.8. The molecule has 11 nitrogen and oxygen atoms in total. The van der Waals surface area contributed by atoms with Crippen LogP contribution in [0.3, 0.4) is 0 Å². The van der Waals surface area contributed by atoms with Gasteiger partial charge in [0, 0.05) is 49.1 Å². The molecule has 64 heavy (non-hydrogen) atoms. The van der Waals surface area contributed by atoms with Gasteiger partial charge in [0.1, 0.15) is 23.1 Å². The summed E-state index contributed by atoms with van der Waals surface area (Å²) in [6, 6.07) is 26.2. The number of nitrogens with zero attached hydrogens (tertiary/aromatic N) is 2. The van der Waals surface area contributed by atoms with E-state index in [-0.39, 0.29) is 37.5 Å². The summed E-state index contributed by atoms with van der Waals surface area (Å²) in [4.78, 5) is 15.1. The third-order valence-corrected chi connectivity index (χ3v) is 16.4. The summed E-state index contributed by atoms with van der Waals surface area (Å²) in [6.07, 6.45) is 4.56. The van der Waals surface area contributed by atoms with Crippen LogP contribution in [0.2, 0.25) is 5.02 Å². The van der Waals surface area contributed by atoms with Gasteiger partial charge >= 0.3 is 5.97 Å². The van der Waals surface area contributed by atoms with E-state index >= 15 is 4.39 Å². The number of hydrogen-bond donors (Lipinski definition) is 0.